The number of hydrogen-bond donors (Lipinski definition) is 1. The molecule has 0 aliphatic heterocycles. The summed E-state index contributed by atoms with van der Waals surface area (Å²) in [6.45, 7) is 7.17. The average Bonchev–Trinajstić information content (AvgIpc) is 3.03. The van der Waals surface area contributed by atoms with Crippen molar-refractivity contribution in [1.29, 1.82) is 0 Å². The van der Waals surface area contributed by atoms with Crippen LogP contribution in [0.15, 0.2) is 41.2 Å². The molecule has 1 amide bonds. The number of aromatic nitrogens is 1. The first-order valence-electron chi connectivity index (χ1n) is 10.1. The van der Waals surface area contributed by atoms with E-state index in [1.165, 1.54) is 14.1 Å². The molecule has 0 saturated heterocycles. The van der Waals surface area contributed by atoms with Crippen LogP contribution in [0.3, 0.4) is 0 Å². The van der Waals surface area contributed by atoms with Crippen LogP contribution >= 0.6 is 11.3 Å². The molecule has 0 saturated carbocycles. The maximum absolute atomic E-state index is 13.0. The molecule has 8 nitrogen and oxygen atoms in total. The molecule has 172 valence electrons. The van der Waals surface area contributed by atoms with E-state index in [-0.39, 0.29) is 17.5 Å². The molecule has 10 heteroatoms. The molecule has 1 heterocycles. The van der Waals surface area contributed by atoms with E-state index in [0.29, 0.717) is 11.4 Å². The molecule has 32 heavy (non-hydrogen) atoms. The smallest absolute Gasteiger partial charge is 0.308 e. The van der Waals surface area contributed by atoms with Crippen molar-refractivity contribution in [3.63, 3.8) is 0 Å². The van der Waals surface area contributed by atoms with Crippen LogP contribution in [0.5, 0.6) is 0 Å². The van der Waals surface area contributed by atoms with Gasteiger partial charge in [0.05, 0.1) is 15.9 Å². The van der Waals surface area contributed by atoms with Crippen molar-refractivity contribution in [1.82, 2.24) is 8.87 Å². The van der Waals surface area contributed by atoms with Gasteiger partial charge in [-0.15, -0.1) is 0 Å². The molecule has 2 aromatic carbocycles. The highest BCUT2D eigenvalue weighted by atomic mass is 32.2. The summed E-state index contributed by atoms with van der Waals surface area (Å²) in [6.07, 6.45) is 0. The van der Waals surface area contributed by atoms with Gasteiger partial charge in [0.25, 0.3) is 0 Å². The largest absolute Gasteiger partial charge is 0.324 e. The molecule has 0 aliphatic rings. The highest BCUT2D eigenvalue weighted by molar-refractivity contribution is 7.90. The van der Waals surface area contributed by atoms with E-state index in [1.807, 2.05) is 32.9 Å². The molecular weight excluding hydrogens is 448 g/mol. The summed E-state index contributed by atoms with van der Waals surface area (Å²) in [6, 6.07) is 10.7. The number of thiazole rings is 1. The van der Waals surface area contributed by atoms with E-state index in [4.69, 9.17) is 0 Å². The Kier molecular flexibility index (Phi) is 6.77. The van der Waals surface area contributed by atoms with Gasteiger partial charge in [0.2, 0.25) is 5.91 Å². The lowest BCUT2D eigenvalue weighted by Gasteiger charge is -2.28. The Morgan fingerprint density at radius 2 is 1.81 bits per heavy atom. The summed E-state index contributed by atoms with van der Waals surface area (Å²) in [7, 11) is -1.04. The number of anilines is 2. The zero-order valence-corrected chi connectivity index (χ0v) is 20.7. The number of carbonyl (C=O) groups is 1. The Balaban J connectivity index is 1.92. The van der Waals surface area contributed by atoms with Gasteiger partial charge in [-0.3, -0.25) is 14.2 Å². The third-order valence-corrected chi connectivity index (χ3v) is 7.80. The van der Waals surface area contributed by atoms with E-state index in [9.17, 15) is 18.0 Å². The van der Waals surface area contributed by atoms with Gasteiger partial charge in [-0.25, -0.2) is 4.31 Å². The van der Waals surface area contributed by atoms with Gasteiger partial charge in [-0.1, -0.05) is 23.5 Å². The molecule has 0 bridgehead atoms. The Morgan fingerprint density at radius 3 is 2.44 bits per heavy atom. The molecule has 0 radical (unpaired) electrons. The number of fused-ring (bicyclic) bond motifs is 1. The van der Waals surface area contributed by atoms with Crippen LogP contribution in [0, 0.1) is 13.8 Å². The summed E-state index contributed by atoms with van der Waals surface area (Å²) < 4.78 is 30.7. The minimum Gasteiger partial charge on any atom is -0.324 e. The second kappa shape index (κ2) is 9.05. The second-order valence-corrected chi connectivity index (χ2v) is 11.2. The summed E-state index contributed by atoms with van der Waals surface area (Å²) in [5.74, 6) is -0.480. The van der Waals surface area contributed by atoms with Crippen LogP contribution in [0.2, 0.25) is 0 Å². The lowest BCUT2D eigenvalue weighted by Crippen LogP contribution is -2.44. The number of aryl methyl sites for hydroxylation is 2. The number of amides is 1. The van der Waals surface area contributed by atoms with Gasteiger partial charge in [0.15, 0.2) is 0 Å². The topological polar surface area (TPSA) is 91.7 Å². The summed E-state index contributed by atoms with van der Waals surface area (Å²) in [5, 5.41) is 2.77. The number of nitrogens with one attached hydrogen (secondary N) is 1. The standard InChI is InChI=1S/C22H28N4O4S2/c1-14(2)26-18-10-9-17(12-20(18)31-22(26)28)23-21(27)13-25(32(29,30)24(5)6)19-11-15(3)7-8-16(19)4/h7-12,14H,13H2,1-6H3,(H,23,27). The molecule has 1 aromatic heterocycles. The molecule has 3 aromatic rings. The van der Waals surface area contributed by atoms with Crippen molar-refractivity contribution >= 4 is 49.0 Å². The van der Waals surface area contributed by atoms with Gasteiger partial charge in [0, 0.05) is 25.8 Å². The van der Waals surface area contributed by atoms with Crippen molar-refractivity contribution in [2.45, 2.75) is 33.7 Å². The lowest BCUT2D eigenvalue weighted by molar-refractivity contribution is -0.114. The molecule has 0 fully saturated rings. The van der Waals surface area contributed by atoms with Gasteiger partial charge in [-0.2, -0.15) is 12.7 Å². The van der Waals surface area contributed by atoms with Gasteiger partial charge in [0.1, 0.15) is 6.54 Å². The Labute approximate surface area is 192 Å². The molecule has 0 spiro atoms. The monoisotopic (exact) mass is 476 g/mol. The minimum atomic E-state index is -3.90. The fourth-order valence-corrected chi connectivity index (χ4v) is 5.58. The molecule has 0 aliphatic carbocycles. The first-order chi connectivity index (χ1) is 14.9. The zero-order chi connectivity index (χ0) is 23.8. The van der Waals surface area contributed by atoms with E-state index in [1.54, 1.807) is 35.8 Å². The number of nitrogens with zero attached hydrogens (tertiary/aromatic N) is 3. The van der Waals surface area contributed by atoms with E-state index in [0.717, 1.165) is 41.3 Å². The third-order valence-electron chi connectivity index (χ3n) is 5.07. The van der Waals surface area contributed by atoms with Crippen molar-refractivity contribution in [3.05, 3.63) is 57.2 Å². The predicted octanol–water partition coefficient (Wildman–Crippen LogP) is 3.51. The minimum absolute atomic E-state index is 0.0269. The Hall–Kier alpha value is -2.69. The Bertz CT molecular complexity index is 1320. The van der Waals surface area contributed by atoms with Crippen molar-refractivity contribution < 1.29 is 13.2 Å². The maximum atomic E-state index is 13.0. The van der Waals surface area contributed by atoms with Crippen LogP contribution in [0.1, 0.15) is 31.0 Å². The molecule has 3 rings (SSSR count). The van der Waals surface area contributed by atoms with Crippen molar-refractivity contribution in [2.75, 3.05) is 30.3 Å². The second-order valence-electron chi connectivity index (χ2n) is 8.15. The van der Waals surface area contributed by atoms with E-state index >= 15 is 0 Å². The molecular formula is C22H28N4O4S2. The van der Waals surface area contributed by atoms with Crippen LogP contribution in [-0.4, -0.2) is 43.8 Å². The fraction of sp³-hybridized carbons (Fsp3) is 0.364. The maximum Gasteiger partial charge on any atom is 0.308 e. The lowest BCUT2D eigenvalue weighted by atomic mass is 10.1. The Morgan fingerprint density at radius 1 is 1.12 bits per heavy atom. The first-order valence-corrected chi connectivity index (χ1v) is 12.4. The average molecular weight is 477 g/mol. The fourth-order valence-electron chi connectivity index (χ4n) is 3.41. The summed E-state index contributed by atoms with van der Waals surface area (Å²) >= 11 is 1.11. The van der Waals surface area contributed by atoms with Crippen LogP contribution in [0.25, 0.3) is 10.2 Å². The number of carbonyl (C=O) groups excluding carboxylic acids is 1. The number of rotatable bonds is 7. The highest BCUT2D eigenvalue weighted by Gasteiger charge is 2.28. The molecule has 0 atom stereocenters. The van der Waals surface area contributed by atoms with Gasteiger partial charge >= 0.3 is 15.1 Å². The van der Waals surface area contributed by atoms with Crippen LogP contribution in [-0.2, 0) is 15.0 Å². The van der Waals surface area contributed by atoms with Gasteiger partial charge < -0.3 is 5.32 Å². The zero-order valence-electron chi connectivity index (χ0n) is 19.0. The first kappa shape index (κ1) is 24.0. The van der Waals surface area contributed by atoms with Crippen molar-refractivity contribution in [2.24, 2.45) is 0 Å². The predicted molar refractivity (Wildman–Crippen MR) is 131 cm³/mol. The summed E-state index contributed by atoms with van der Waals surface area (Å²) in [5.41, 5.74) is 3.40. The van der Waals surface area contributed by atoms with Crippen LogP contribution < -0.4 is 14.5 Å². The van der Waals surface area contributed by atoms with E-state index in [2.05, 4.69) is 5.32 Å². The highest BCUT2D eigenvalue weighted by Crippen LogP contribution is 2.26. The number of benzene rings is 2. The van der Waals surface area contributed by atoms with E-state index < -0.39 is 16.1 Å². The third kappa shape index (κ3) is 4.72. The quantitative estimate of drug-likeness (QED) is 0.565. The number of hydrogen-bond acceptors (Lipinski definition) is 5. The van der Waals surface area contributed by atoms with Crippen LogP contribution in [0.4, 0.5) is 11.4 Å². The van der Waals surface area contributed by atoms with Crippen molar-refractivity contribution in [3.8, 4) is 0 Å². The van der Waals surface area contributed by atoms with Gasteiger partial charge in [-0.05, 0) is 63.1 Å². The molecule has 1 N–H and O–H groups in total. The molecule has 0 unspecified atom stereocenters. The SMILES string of the molecule is Cc1ccc(C)c(N(CC(=O)Nc2ccc3c(c2)sc(=O)n3C(C)C)S(=O)(=O)N(C)C)c1. The summed E-state index contributed by atoms with van der Waals surface area (Å²) in [4.78, 5) is 25.1. The normalized spacial score (nSPS) is 12.0.